The summed E-state index contributed by atoms with van der Waals surface area (Å²) in [4.78, 5) is 36.0. The van der Waals surface area contributed by atoms with E-state index < -0.39 is 0 Å². The van der Waals surface area contributed by atoms with Crippen molar-refractivity contribution in [3.8, 4) is 0 Å². The zero-order chi connectivity index (χ0) is 31.9. The number of likely N-dealkylation sites (N-methyl/N-ethyl adjacent to an activating group) is 1. The van der Waals surface area contributed by atoms with Crippen molar-refractivity contribution in [2.24, 2.45) is 0 Å². The van der Waals surface area contributed by atoms with Gasteiger partial charge >= 0.3 is 6.03 Å². The lowest BCUT2D eigenvalue weighted by atomic mass is 10.1. The molecule has 240 valence electrons. The van der Waals surface area contributed by atoms with Gasteiger partial charge < -0.3 is 40.3 Å². The molecule has 2 saturated heterocycles. The first-order valence-corrected chi connectivity index (χ1v) is 16.6. The van der Waals surface area contributed by atoms with Gasteiger partial charge in [-0.1, -0.05) is 23.9 Å². The number of rotatable bonds is 8. The van der Waals surface area contributed by atoms with Gasteiger partial charge in [-0.2, -0.15) is 0 Å². The molecule has 11 heteroatoms. The summed E-state index contributed by atoms with van der Waals surface area (Å²) >= 11 is 1.76. The summed E-state index contributed by atoms with van der Waals surface area (Å²) in [7, 11) is 2.14. The van der Waals surface area contributed by atoms with Crippen molar-refractivity contribution in [3.63, 3.8) is 0 Å². The molecule has 3 N–H and O–H groups in total. The first-order valence-electron chi connectivity index (χ1n) is 15.8. The second-order valence-electron chi connectivity index (χ2n) is 11.5. The number of nitrogens with one attached hydrogen (secondary N) is 3. The molecule has 0 unspecified atom stereocenters. The van der Waals surface area contributed by atoms with Crippen molar-refractivity contribution in [2.75, 3.05) is 86.9 Å². The number of carbonyl (C=O) groups excluding carboxylic acids is 2. The molecule has 2 fully saturated rings. The van der Waals surface area contributed by atoms with Crippen LogP contribution in [0.15, 0.2) is 90.2 Å². The highest BCUT2D eigenvalue weighted by Gasteiger charge is 2.21. The SMILES string of the molecule is CCN1C=C(c2ccc(NC(=O)Nc3ccc(C(=O)Nc4ccc(N5CCN(C)CC5)cc4)cc3)cc2)SC(N2CCOCC2)=C1. The van der Waals surface area contributed by atoms with Crippen molar-refractivity contribution >= 4 is 51.4 Å². The molecule has 3 amide bonds. The fraction of sp³-hybridized carbons (Fsp3) is 0.314. The van der Waals surface area contributed by atoms with Gasteiger partial charge in [0.15, 0.2) is 0 Å². The highest BCUT2D eigenvalue weighted by Crippen LogP contribution is 2.39. The highest BCUT2D eigenvalue weighted by molar-refractivity contribution is 8.11. The topological polar surface area (TPSA) is 92.4 Å². The van der Waals surface area contributed by atoms with Gasteiger partial charge in [0.05, 0.1) is 18.2 Å². The summed E-state index contributed by atoms with van der Waals surface area (Å²) < 4.78 is 5.53. The molecule has 0 bridgehead atoms. The van der Waals surface area contributed by atoms with Crippen LogP contribution in [-0.4, -0.2) is 92.7 Å². The quantitative estimate of drug-likeness (QED) is 0.284. The van der Waals surface area contributed by atoms with E-state index in [1.165, 1.54) is 5.03 Å². The smallest absolute Gasteiger partial charge is 0.323 e. The van der Waals surface area contributed by atoms with E-state index >= 15 is 0 Å². The Kier molecular flexibility index (Phi) is 10.1. The maximum absolute atomic E-state index is 12.8. The van der Waals surface area contributed by atoms with Crippen molar-refractivity contribution in [1.29, 1.82) is 0 Å². The minimum atomic E-state index is -0.355. The van der Waals surface area contributed by atoms with E-state index in [1.54, 1.807) is 36.0 Å². The van der Waals surface area contributed by atoms with Crippen LogP contribution in [0.2, 0.25) is 0 Å². The molecule has 0 aromatic heterocycles. The number of carbonyl (C=O) groups is 2. The lowest BCUT2D eigenvalue weighted by Gasteiger charge is -2.34. The number of piperazine rings is 1. The van der Waals surface area contributed by atoms with Gasteiger partial charge in [0.25, 0.3) is 5.91 Å². The monoisotopic (exact) mass is 639 g/mol. The number of urea groups is 1. The third kappa shape index (κ3) is 8.03. The fourth-order valence-corrected chi connectivity index (χ4v) is 6.65. The Hall–Kier alpha value is -4.45. The largest absolute Gasteiger partial charge is 0.378 e. The third-order valence-corrected chi connectivity index (χ3v) is 9.42. The molecule has 0 spiro atoms. The molecule has 0 aliphatic carbocycles. The molecule has 0 saturated carbocycles. The Morgan fingerprint density at radius 1 is 0.717 bits per heavy atom. The molecular weight excluding hydrogens is 598 g/mol. The van der Waals surface area contributed by atoms with Crippen molar-refractivity contribution in [2.45, 2.75) is 6.92 Å². The number of anilines is 4. The second kappa shape index (κ2) is 14.8. The zero-order valence-electron chi connectivity index (χ0n) is 26.4. The number of hydrogen-bond donors (Lipinski definition) is 3. The summed E-state index contributed by atoms with van der Waals surface area (Å²) in [6.45, 7) is 10.4. The van der Waals surface area contributed by atoms with Gasteiger partial charge in [-0.25, -0.2) is 4.79 Å². The first-order chi connectivity index (χ1) is 22.4. The van der Waals surface area contributed by atoms with Gasteiger partial charge in [-0.3, -0.25) is 4.79 Å². The number of benzene rings is 3. The van der Waals surface area contributed by atoms with Crippen LogP contribution in [0.5, 0.6) is 0 Å². The molecule has 10 nitrogen and oxygen atoms in total. The Morgan fingerprint density at radius 3 is 1.93 bits per heavy atom. The summed E-state index contributed by atoms with van der Waals surface area (Å²) in [5, 5.41) is 9.92. The number of nitrogens with zero attached hydrogens (tertiary/aromatic N) is 4. The Morgan fingerprint density at radius 2 is 1.30 bits per heavy atom. The second-order valence-corrected chi connectivity index (χ2v) is 12.6. The first kappa shape index (κ1) is 31.5. The highest BCUT2D eigenvalue weighted by atomic mass is 32.2. The maximum Gasteiger partial charge on any atom is 0.323 e. The van der Waals surface area contributed by atoms with E-state index in [4.69, 9.17) is 4.74 Å². The normalized spacial score (nSPS) is 17.2. The van der Waals surface area contributed by atoms with E-state index in [9.17, 15) is 9.59 Å². The molecule has 46 heavy (non-hydrogen) atoms. The van der Waals surface area contributed by atoms with Crippen LogP contribution in [0, 0.1) is 0 Å². The van der Waals surface area contributed by atoms with Crippen LogP contribution in [0.25, 0.3) is 4.91 Å². The van der Waals surface area contributed by atoms with Crippen molar-refractivity contribution < 1.29 is 14.3 Å². The Bertz CT molecular complexity index is 1560. The summed E-state index contributed by atoms with van der Waals surface area (Å²) in [6, 6.07) is 22.3. The van der Waals surface area contributed by atoms with Crippen LogP contribution in [-0.2, 0) is 4.74 Å². The van der Waals surface area contributed by atoms with E-state index in [2.05, 4.69) is 61.9 Å². The van der Waals surface area contributed by atoms with Crippen LogP contribution in [0.1, 0.15) is 22.8 Å². The van der Waals surface area contributed by atoms with Crippen molar-refractivity contribution in [1.82, 2.24) is 14.7 Å². The van der Waals surface area contributed by atoms with Crippen molar-refractivity contribution in [3.05, 3.63) is 101 Å². The van der Waals surface area contributed by atoms with E-state index in [-0.39, 0.29) is 11.9 Å². The molecule has 3 aromatic carbocycles. The standard InChI is InChI=1S/C35H41N7O3S/c1-3-40-24-32(46-33(25-40)42-20-22-45-23-21-42)26-4-8-29(9-5-26)37-35(44)38-30-10-6-27(7-11-30)34(43)36-28-12-14-31(15-13-28)41-18-16-39(2)17-19-41/h4-15,24-25H,3,16-23H2,1-2H3,(H,36,43)(H2,37,38,44). The Labute approximate surface area is 275 Å². The molecule has 0 radical (unpaired) electrons. The number of amides is 3. The molecule has 3 aliphatic rings. The Balaban J connectivity index is 0.991. The molecule has 3 aliphatic heterocycles. The van der Waals surface area contributed by atoms with Gasteiger partial charge in [0.2, 0.25) is 0 Å². The average molecular weight is 640 g/mol. The predicted molar refractivity (Wildman–Crippen MR) is 188 cm³/mol. The average Bonchev–Trinajstić information content (AvgIpc) is 3.10. The minimum Gasteiger partial charge on any atom is -0.378 e. The zero-order valence-corrected chi connectivity index (χ0v) is 27.2. The minimum absolute atomic E-state index is 0.204. The predicted octanol–water partition coefficient (Wildman–Crippen LogP) is 5.83. The number of thioether (sulfide) groups is 1. The summed E-state index contributed by atoms with van der Waals surface area (Å²) in [5.41, 5.74) is 4.78. The molecule has 6 rings (SSSR count). The lowest BCUT2D eigenvalue weighted by molar-refractivity contribution is 0.0571. The number of ether oxygens (including phenoxy) is 1. The van der Waals surface area contributed by atoms with E-state index in [1.807, 2.05) is 48.5 Å². The third-order valence-electron chi connectivity index (χ3n) is 8.29. The lowest BCUT2D eigenvalue weighted by Crippen LogP contribution is -2.44. The molecule has 3 aromatic rings. The molecule has 0 atom stereocenters. The fourth-order valence-electron chi connectivity index (χ4n) is 5.48. The summed E-state index contributed by atoms with van der Waals surface area (Å²) in [5.74, 6) is -0.204. The van der Waals surface area contributed by atoms with Gasteiger partial charge in [0.1, 0.15) is 0 Å². The number of hydrogen-bond acceptors (Lipinski definition) is 8. The van der Waals surface area contributed by atoms with E-state index in [0.717, 1.165) is 80.9 Å². The van der Waals surface area contributed by atoms with Gasteiger partial charge in [-0.05, 0) is 80.2 Å². The van der Waals surface area contributed by atoms with Crippen LogP contribution < -0.4 is 20.9 Å². The van der Waals surface area contributed by atoms with Crippen LogP contribution in [0.3, 0.4) is 0 Å². The maximum atomic E-state index is 12.8. The summed E-state index contributed by atoms with van der Waals surface area (Å²) in [6.07, 6.45) is 4.37. The van der Waals surface area contributed by atoms with Crippen LogP contribution >= 0.6 is 11.8 Å². The van der Waals surface area contributed by atoms with Gasteiger partial charge in [-0.15, -0.1) is 0 Å². The number of morpholine rings is 1. The molecule has 3 heterocycles. The van der Waals surface area contributed by atoms with Crippen LogP contribution in [0.4, 0.5) is 27.5 Å². The van der Waals surface area contributed by atoms with E-state index in [0.29, 0.717) is 16.9 Å². The molecular formula is C35H41N7O3S. The van der Waals surface area contributed by atoms with Gasteiger partial charge in [0, 0.05) is 91.4 Å².